The summed E-state index contributed by atoms with van der Waals surface area (Å²) in [6.07, 6.45) is 12.8. The average Bonchev–Trinajstić information content (AvgIpc) is 2.53. The van der Waals surface area contributed by atoms with Crippen LogP contribution in [0.1, 0.15) is 71.1 Å². The molecule has 120 valence electrons. The highest BCUT2D eigenvalue weighted by molar-refractivity contribution is 5.82. The minimum Gasteiger partial charge on any atom is -0.341 e. The zero-order chi connectivity index (χ0) is 14.8. The molecule has 1 heterocycles. The maximum Gasteiger partial charge on any atom is 0.239 e. The van der Waals surface area contributed by atoms with Crippen molar-refractivity contribution in [2.45, 2.75) is 89.3 Å². The molecule has 2 saturated carbocycles. The Balaban J connectivity index is 1.59. The average molecular weight is 292 g/mol. The van der Waals surface area contributed by atoms with Crippen molar-refractivity contribution in [1.29, 1.82) is 0 Å². The van der Waals surface area contributed by atoms with E-state index in [9.17, 15) is 4.79 Å². The first kappa shape index (κ1) is 15.3. The SMILES string of the molecule is CC1CCCCC1N(C)C(=O)C1CCC2CCCCC2N1. The maximum absolute atomic E-state index is 12.9. The second-order valence-electron chi connectivity index (χ2n) is 7.73. The highest BCUT2D eigenvalue weighted by Crippen LogP contribution is 2.33. The summed E-state index contributed by atoms with van der Waals surface area (Å²) in [7, 11) is 2.05. The summed E-state index contributed by atoms with van der Waals surface area (Å²) in [6.45, 7) is 2.32. The van der Waals surface area contributed by atoms with Gasteiger partial charge in [-0.15, -0.1) is 0 Å². The van der Waals surface area contributed by atoms with Gasteiger partial charge >= 0.3 is 0 Å². The van der Waals surface area contributed by atoms with Crippen molar-refractivity contribution in [2.24, 2.45) is 11.8 Å². The molecule has 5 unspecified atom stereocenters. The van der Waals surface area contributed by atoms with Crippen LogP contribution in [0.2, 0.25) is 0 Å². The van der Waals surface area contributed by atoms with Crippen LogP contribution in [0, 0.1) is 11.8 Å². The van der Waals surface area contributed by atoms with Gasteiger partial charge in [-0.3, -0.25) is 4.79 Å². The molecule has 0 bridgehead atoms. The summed E-state index contributed by atoms with van der Waals surface area (Å²) in [5.74, 6) is 1.86. The lowest BCUT2D eigenvalue weighted by Gasteiger charge is -2.43. The molecule has 0 aromatic heterocycles. The van der Waals surface area contributed by atoms with Crippen LogP contribution in [-0.2, 0) is 4.79 Å². The number of carbonyl (C=O) groups excluding carboxylic acids is 1. The van der Waals surface area contributed by atoms with Crippen LogP contribution in [0.5, 0.6) is 0 Å². The Morgan fingerprint density at radius 1 is 0.952 bits per heavy atom. The number of carbonyl (C=O) groups is 1. The minimum atomic E-state index is 0.0866. The van der Waals surface area contributed by atoms with Crippen molar-refractivity contribution in [3.8, 4) is 0 Å². The van der Waals surface area contributed by atoms with Gasteiger partial charge in [0.1, 0.15) is 0 Å². The van der Waals surface area contributed by atoms with Crippen molar-refractivity contribution in [3.63, 3.8) is 0 Å². The van der Waals surface area contributed by atoms with Crippen molar-refractivity contribution in [3.05, 3.63) is 0 Å². The van der Waals surface area contributed by atoms with Crippen LogP contribution in [-0.4, -0.2) is 36.0 Å². The van der Waals surface area contributed by atoms with Gasteiger partial charge in [0.05, 0.1) is 6.04 Å². The molecule has 1 amide bonds. The molecule has 1 saturated heterocycles. The Morgan fingerprint density at radius 2 is 1.67 bits per heavy atom. The molecule has 3 nitrogen and oxygen atoms in total. The molecule has 5 atom stereocenters. The van der Waals surface area contributed by atoms with Crippen LogP contribution in [0.25, 0.3) is 0 Å². The Labute approximate surface area is 129 Å². The summed E-state index contributed by atoms with van der Waals surface area (Å²) in [4.78, 5) is 15.0. The van der Waals surface area contributed by atoms with E-state index in [1.165, 1.54) is 57.8 Å². The predicted octanol–water partition coefficient (Wildman–Crippen LogP) is 3.33. The lowest BCUT2D eigenvalue weighted by atomic mass is 9.77. The van der Waals surface area contributed by atoms with E-state index in [2.05, 4.69) is 17.1 Å². The summed E-state index contributed by atoms with van der Waals surface area (Å²) < 4.78 is 0. The maximum atomic E-state index is 12.9. The summed E-state index contributed by atoms with van der Waals surface area (Å²) >= 11 is 0. The van der Waals surface area contributed by atoms with Crippen LogP contribution in [0.15, 0.2) is 0 Å². The molecular weight excluding hydrogens is 260 g/mol. The molecule has 1 N–H and O–H groups in total. The molecule has 0 spiro atoms. The van der Waals surface area contributed by atoms with Gasteiger partial charge in [0.25, 0.3) is 0 Å². The third kappa shape index (κ3) is 3.28. The second kappa shape index (κ2) is 6.68. The van der Waals surface area contributed by atoms with Crippen LogP contribution < -0.4 is 5.32 Å². The van der Waals surface area contributed by atoms with E-state index in [-0.39, 0.29) is 6.04 Å². The largest absolute Gasteiger partial charge is 0.341 e. The highest BCUT2D eigenvalue weighted by atomic mass is 16.2. The van der Waals surface area contributed by atoms with Gasteiger partial charge < -0.3 is 10.2 Å². The standard InChI is InChI=1S/C18H32N2O/c1-13-7-3-6-10-17(13)20(2)18(21)16-12-11-14-8-4-5-9-15(14)19-16/h13-17,19H,3-12H2,1-2H3. The molecular formula is C18H32N2O. The number of fused-ring (bicyclic) bond motifs is 1. The zero-order valence-corrected chi connectivity index (χ0v) is 13.8. The molecule has 2 aliphatic carbocycles. The number of piperidine rings is 1. The number of hydrogen-bond donors (Lipinski definition) is 1. The van der Waals surface area contributed by atoms with Crippen LogP contribution >= 0.6 is 0 Å². The third-order valence-corrected chi connectivity index (χ3v) is 6.36. The summed E-state index contributed by atoms with van der Waals surface area (Å²) in [5, 5.41) is 3.70. The first-order valence-corrected chi connectivity index (χ1v) is 9.19. The molecule has 3 rings (SSSR count). The molecule has 1 aliphatic heterocycles. The third-order valence-electron chi connectivity index (χ3n) is 6.36. The number of likely N-dealkylation sites (N-methyl/N-ethyl adjacent to an activating group) is 1. The van der Waals surface area contributed by atoms with Gasteiger partial charge in [-0.25, -0.2) is 0 Å². The first-order valence-electron chi connectivity index (χ1n) is 9.19. The van der Waals surface area contributed by atoms with Crippen molar-refractivity contribution in [2.75, 3.05) is 7.05 Å². The predicted molar refractivity (Wildman–Crippen MR) is 86.1 cm³/mol. The van der Waals surface area contributed by atoms with Gasteiger partial charge in [-0.1, -0.05) is 32.6 Å². The number of rotatable bonds is 2. The molecule has 0 radical (unpaired) electrons. The van der Waals surface area contributed by atoms with Gasteiger partial charge in [-0.05, 0) is 50.4 Å². The quantitative estimate of drug-likeness (QED) is 0.846. The molecule has 3 aliphatic rings. The van der Waals surface area contributed by atoms with Crippen LogP contribution in [0.4, 0.5) is 0 Å². The fourth-order valence-electron chi connectivity index (χ4n) is 4.97. The fourth-order valence-corrected chi connectivity index (χ4v) is 4.97. The van der Waals surface area contributed by atoms with Crippen molar-refractivity contribution < 1.29 is 4.79 Å². The van der Waals surface area contributed by atoms with Gasteiger partial charge in [0.15, 0.2) is 0 Å². The normalized spacial score (nSPS) is 40.4. The fraction of sp³-hybridized carbons (Fsp3) is 0.944. The molecule has 0 aromatic carbocycles. The van der Waals surface area contributed by atoms with E-state index in [1.807, 2.05) is 7.05 Å². The van der Waals surface area contributed by atoms with E-state index in [1.54, 1.807) is 0 Å². The van der Waals surface area contributed by atoms with E-state index >= 15 is 0 Å². The summed E-state index contributed by atoms with van der Waals surface area (Å²) in [6, 6.07) is 1.17. The number of amides is 1. The van der Waals surface area contributed by atoms with Crippen LogP contribution in [0.3, 0.4) is 0 Å². The summed E-state index contributed by atoms with van der Waals surface area (Å²) in [5.41, 5.74) is 0. The van der Waals surface area contributed by atoms with Gasteiger partial charge in [-0.2, -0.15) is 0 Å². The van der Waals surface area contributed by atoms with Gasteiger partial charge in [0.2, 0.25) is 5.91 Å². The number of hydrogen-bond acceptors (Lipinski definition) is 2. The van der Waals surface area contributed by atoms with E-state index in [0.717, 1.165) is 12.3 Å². The Hall–Kier alpha value is -0.570. The Bertz CT molecular complexity index is 370. The number of nitrogens with zero attached hydrogens (tertiary/aromatic N) is 1. The Kier molecular flexibility index (Phi) is 4.88. The number of nitrogens with one attached hydrogen (secondary N) is 1. The van der Waals surface area contributed by atoms with E-state index < -0.39 is 0 Å². The van der Waals surface area contributed by atoms with E-state index in [4.69, 9.17) is 0 Å². The molecule has 3 fully saturated rings. The lowest BCUT2D eigenvalue weighted by Crippen LogP contribution is -2.57. The van der Waals surface area contributed by atoms with Crippen molar-refractivity contribution in [1.82, 2.24) is 10.2 Å². The van der Waals surface area contributed by atoms with E-state index in [0.29, 0.717) is 23.9 Å². The first-order chi connectivity index (χ1) is 10.2. The van der Waals surface area contributed by atoms with Crippen molar-refractivity contribution >= 4 is 5.91 Å². The second-order valence-corrected chi connectivity index (χ2v) is 7.73. The Morgan fingerprint density at radius 3 is 2.48 bits per heavy atom. The zero-order valence-electron chi connectivity index (χ0n) is 13.8. The van der Waals surface area contributed by atoms with Gasteiger partial charge in [0, 0.05) is 19.1 Å². The molecule has 3 heteroatoms. The molecule has 0 aromatic rings. The smallest absolute Gasteiger partial charge is 0.239 e. The lowest BCUT2D eigenvalue weighted by molar-refractivity contribution is -0.137. The topological polar surface area (TPSA) is 32.3 Å². The monoisotopic (exact) mass is 292 g/mol. The molecule has 21 heavy (non-hydrogen) atoms. The minimum absolute atomic E-state index is 0.0866. The highest BCUT2D eigenvalue weighted by Gasteiger charge is 2.37.